The van der Waals surface area contributed by atoms with Gasteiger partial charge in [0, 0.05) is 0 Å². The van der Waals surface area contributed by atoms with E-state index in [0.717, 1.165) is 0 Å². The van der Waals surface area contributed by atoms with Gasteiger partial charge in [-0.15, -0.1) is 0 Å². The molecule has 0 spiro atoms. The van der Waals surface area contributed by atoms with Crippen molar-refractivity contribution in [3.63, 3.8) is 0 Å². The van der Waals surface area contributed by atoms with Gasteiger partial charge in [-0.2, -0.15) is 15.0 Å². The second kappa shape index (κ2) is 11.6. The van der Waals surface area contributed by atoms with Gasteiger partial charge in [0.05, 0.1) is 24.4 Å². The van der Waals surface area contributed by atoms with Crippen molar-refractivity contribution in [2.45, 2.75) is 6.10 Å². The summed E-state index contributed by atoms with van der Waals surface area (Å²) in [7, 11) is 1.58. The maximum absolute atomic E-state index is 10.8. The average molecular weight is 499 g/mol. The van der Waals surface area contributed by atoms with Crippen LogP contribution in [0.3, 0.4) is 0 Å². The first-order valence-corrected chi connectivity index (χ1v) is 10.4. The third kappa shape index (κ3) is 7.01. The number of nitrogens with one attached hydrogen (secondary N) is 2. The Hall–Kier alpha value is -3.01. The molecule has 2 heterocycles. The van der Waals surface area contributed by atoms with Crippen LogP contribution in [0.1, 0.15) is 0 Å². The Labute approximate surface area is 199 Å². The minimum Gasteiger partial charge on any atom is -0.493 e. The van der Waals surface area contributed by atoms with E-state index in [1.807, 2.05) is 36.4 Å². The Morgan fingerprint density at radius 2 is 1.69 bits per heavy atom. The van der Waals surface area contributed by atoms with Crippen LogP contribution in [0.15, 0.2) is 48.5 Å². The average Bonchev–Trinajstić information content (AvgIpc) is 3.19. The molecule has 1 atom stereocenters. The molecular formula is C20H18Cl3N5O4. The Bertz CT molecular complexity index is 1050. The number of cyclic esters (lactones) is 1. The van der Waals surface area contributed by atoms with Gasteiger partial charge in [-0.25, -0.2) is 4.79 Å². The van der Waals surface area contributed by atoms with Crippen molar-refractivity contribution in [2.75, 3.05) is 25.6 Å². The largest absolute Gasteiger partial charge is 0.493 e. The lowest BCUT2D eigenvalue weighted by Crippen LogP contribution is -2.22. The number of rotatable bonds is 6. The monoisotopic (exact) mass is 497 g/mol. The maximum atomic E-state index is 10.8. The number of aromatic nitrogens is 3. The van der Waals surface area contributed by atoms with Crippen molar-refractivity contribution in [1.82, 2.24) is 20.3 Å². The van der Waals surface area contributed by atoms with Gasteiger partial charge in [-0.05, 0) is 47.5 Å². The molecule has 4 rings (SSSR count). The zero-order valence-corrected chi connectivity index (χ0v) is 19.0. The Morgan fingerprint density at radius 1 is 1.03 bits per heavy atom. The van der Waals surface area contributed by atoms with Crippen molar-refractivity contribution < 1.29 is 19.0 Å². The van der Waals surface area contributed by atoms with Gasteiger partial charge in [-0.1, -0.05) is 35.9 Å². The minimum absolute atomic E-state index is 0.0227. The number of nitrogens with zero attached hydrogens (tertiary/aromatic N) is 3. The molecule has 0 bridgehead atoms. The normalized spacial score (nSPS) is 14.5. The third-order valence-corrected chi connectivity index (χ3v) is 4.61. The van der Waals surface area contributed by atoms with E-state index < -0.39 is 6.09 Å². The Kier molecular flexibility index (Phi) is 8.55. The van der Waals surface area contributed by atoms with Gasteiger partial charge in [0.2, 0.25) is 16.5 Å². The summed E-state index contributed by atoms with van der Waals surface area (Å²) in [6.45, 7) is 0.799. The van der Waals surface area contributed by atoms with E-state index >= 15 is 0 Å². The van der Waals surface area contributed by atoms with Crippen LogP contribution in [-0.2, 0) is 4.74 Å². The molecule has 1 saturated heterocycles. The lowest BCUT2D eigenvalue weighted by Gasteiger charge is -2.12. The van der Waals surface area contributed by atoms with E-state index in [4.69, 9.17) is 49.0 Å². The topological polar surface area (TPSA) is 107 Å². The van der Waals surface area contributed by atoms with Crippen molar-refractivity contribution in [1.29, 1.82) is 0 Å². The van der Waals surface area contributed by atoms with Crippen LogP contribution in [0.2, 0.25) is 15.6 Å². The summed E-state index contributed by atoms with van der Waals surface area (Å²) in [6, 6.07) is 14.5. The van der Waals surface area contributed by atoms with Crippen LogP contribution in [0.25, 0.3) is 0 Å². The summed E-state index contributed by atoms with van der Waals surface area (Å²) in [6.07, 6.45) is -0.633. The van der Waals surface area contributed by atoms with E-state index in [1.165, 1.54) is 0 Å². The summed E-state index contributed by atoms with van der Waals surface area (Å²) >= 11 is 17.2. The number of anilines is 2. The van der Waals surface area contributed by atoms with E-state index in [0.29, 0.717) is 35.4 Å². The first-order chi connectivity index (χ1) is 15.4. The van der Waals surface area contributed by atoms with Gasteiger partial charge in [0.25, 0.3) is 0 Å². The maximum Gasteiger partial charge on any atom is 0.407 e. The van der Waals surface area contributed by atoms with Crippen molar-refractivity contribution in [2.24, 2.45) is 0 Å². The summed E-state index contributed by atoms with van der Waals surface area (Å²) in [5, 5.41) is 6.05. The molecule has 2 aromatic carbocycles. The number of carbonyl (C=O) groups is 1. The van der Waals surface area contributed by atoms with E-state index in [9.17, 15) is 4.79 Å². The fourth-order valence-electron chi connectivity index (χ4n) is 2.51. The number of halogens is 3. The Morgan fingerprint density at radius 3 is 2.31 bits per heavy atom. The molecule has 1 aromatic heterocycles. The van der Waals surface area contributed by atoms with Crippen LogP contribution in [0.4, 0.5) is 16.4 Å². The van der Waals surface area contributed by atoms with E-state index in [-0.39, 0.29) is 22.6 Å². The smallest absolute Gasteiger partial charge is 0.407 e. The highest BCUT2D eigenvalue weighted by Crippen LogP contribution is 2.26. The zero-order valence-electron chi connectivity index (χ0n) is 16.7. The molecule has 1 aliphatic heterocycles. The SMILES string of the molecule is COc1ccccc1OCC1CNC(=O)O1.Clc1nc(Cl)nc(Nc2ccccc2Cl)n1. The Balaban J connectivity index is 0.000000181. The van der Waals surface area contributed by atoms with Crippen LogP contribution in [0.5, 0.6) is 11.5 Å². The molecule has 1 unspecified atom stereocenters. The second-order valence-electron chi connectivity index (χ2n) is 6.17. The molecule has 0 aliphatic carbocycles. The van der Waals surface area contributed by atoms with Crippen LogP contribution >= 0.6 is 34.8 Å². The molecule has 168 valence electrons. The lowest BCUT2D eigenvalue weighted by atomic mass is 10.3. The molecule has 3 aromatic rings. The molecule has 9 nitrogen and oxygen atoms in total. The summed E-state index contributed by atoms with van der Waals surface area (Å²) < 4.78 is 15.6. The summed E-state index contributed by atoms with van der Waals surface area (Å²) in [5.41, 5.74) is 0.669. The molecule has 32 heavy (non-hydrogen) atoms. The molecule has 0 radical (unpaired) electrons. The van der Waals surface area contributed by atoms with Crippen molar-refractivity contribution >= 4 is 52.5 Å². The number of hydrogen-bond donors (Lipinski definition) is 2. The molecule has 1 fully saturated rings. The highest BCUT2D eigenvalue weighted by molar-refractivity contribution is 6.33. The standard InChI is InChI=1S/C11H13NO4.C9H5Cl3N4/c1-14-9-4-2-3-5-10(9)15-7-8-6-12-11(13)16-8;10-5-3-1-2-4-6(5)13-9-15-7(11)14-8(12)16-9/h2-5,8H,6-7H2,1H3,(H,12,13);1-4H,(H,13,14,15,16). The van der Waals surface area contributed by atoms with E-state index in [2.05, 4.69) is 25.6 Å². The molecule has 1 aliphatic rings. The van der Waals surface area contributed by atoms with Gasteiger partial charge in [0.15, 0.2) is 17.6 Å². The van der Waals surface area contributed by atoms with Gasteiger partial charge in [-0.3, -0.25) is 0 Å². The van der Waals surface area contributed by atoms with Crippen molar-refractivity contribution in [3.8, 4) is 11.5 Å². The highest BCUT2D eigenvalue weighted by atomic mass is 35.5. The minimum atomic E-state index is -0.395. The van der Waals surface area contributed by atoms with Gasteiger partial charge in [0.1, 0.15) is 6.61 Å². The molecular weight excluding hydrogens is 481 g/mol. The quantitative estimate of drug-likeness (QED) is 0.501. The number of ether oxygens (including phenoxy) is 3. The molecule has 12 heteroatoms. The number of amides is 1. The predicted molar refractivity (Wildman–Crippen MR) is 121 cm³/mol. The number of hydrogen-bond acceptors (Lipinski definition) is 8. The van der Waals surface area contributed by atoms with Crippen LogP contribution in [0, 0.1) is 0 Å². The second-order valence-corrected chi connectivity index (χ2v) is 7.26. The first-order valence-electron chi connectivity index (χ1n) is 9.23. The van der Waals surface area contributed by atoms with Crippen molar-refractivity contribution in [3.05, 3.63) is 64.1 Å². The number of para-hydroxylation sites is 3. The number of benzene rings is 2. The molecule has 2 N–H and O–H groups in total. The predicted octanol–water partition coefficient (Wildman–Crippen LogP) is 4.76. The fourth-order valence-corrected chi connectivity index (χ4v) is 3.06. The number of alkyl carbamates (subject to hydrolysis) is 1. The fraction of sp³-hybridized carbons (Fsp3) is 0.200. The van der Waals surface area contributed by atoms with Crippen LogP contribution in [-0.4, -0.2) is 47.4 Å². The number of methoxy groups -OCH3 is 1. The van der Waals surface area contributed by atoms with Gasteiger partial charge >= 0.3 is 6.09 Å². The molecule has 0 saturated carbocycles. The summed E-state index contributed by atoms with van der Waals surface area (Å²) in [4.78, 5) is 22.1. The zero-order chi connectivity index (χ0) is 22.9. The first kappa shape index (κ1) is 23.6. The summed E-state index contributed by atoms with van der Waals surface area (Å²) in [5.74, 6) is 1.56. The van der Waals surface area contributed by atoms with Gasteiger partial charge < -0.3 is 24.8 Å². The third-order valence-electron chi connectivity index (χ3n) is 3.94. The molecule has 1 amide bonds. The highest BCUT2D eigenvalue weighted by Gasteiger charge is 2.23. The van der Waals surface area contributed by atoms with E-state index in [1.54, 1.807) is 19.2 Å². The number of carbonyl (C=O) groups excluding carboxylic acids is 1. The van der Waals surface area contributed by atoms with Crippen LogP contribution < -0.4 is 20.1 Å². The lowest BCUT2D eigenvalue weighted by molar-refractivity contribution is 0.103.